The molecule has 0 radical (unpaired) electrons. The number of ether oxygens (including phenoxy) is 2. The van der Waals surface area contributed by atoms with Crippen LogP contribution >= 0.6 is 0 Å². The Kier molecular flexibility index (Phi) is 9.42. The number of rotatable bonds is 13. The van der Waals surface area contributed by atoms with Gasteiger partial charge in [-0.3, -0.25) is 4.79 Å². The van der Waals surface area contributed by atoms with Crippen molar-refractivity contribution in [3.8, 4) is 11.1 Å². The first-order valence-electron chi connectivity index (χ1n) is 11.9. The second-order valence-corrected chi connectivity index (χ2v) is 10.9. The first kappa shape index (κ1) is 27.6. The van der Waals surface area contributed by atoms with Gasteiger partial charge >= 0.3 is 0 Å². The summed E-state index contributed by atoms with van der Waals surface area (Å²) in [6.45, 7) is 8.04. The SMILES string of the molecule is COCCOCN(c1onc(C)c1C)S(=O)(=O)c1ccccc1-c1ccc(C=O)cc1CCC(C)C. The lowest BCUT2D eigenvalue weighted by molar-refractivity contribution is 0.0744. The van der Waals surface area contributed by atoms with E-state index in [0.29, 0.717) is 41.3 Å². The van der Waals surface area contributed by atoms with Gasteiger partial charge in [0.15, 0.2) is 0 Å². The van der Waals surface area contributed by atoms with E-state index < -0.39 is 10.0 Å². The molecule has 0 saturated carbocycles. The summed E-state index contributed by atoms with van der Waals surface area (Å²) in [5, 5.41) is 3.95. The van der Waals surface area contributed by atoms with E-state index in [-0.39, 0.29) is 24.1 Å². The molecule has 194 valence electrons. The lowest BCUT2D eigenvalue weighted by Crippen LogP contribution is -2.34. The van der Waals surface area contributed by atoms with E-state index in [1.807, 2.05) is 12.1 Å². The molecule has 0 aliphatic heterocycles. The van der Waals surface area contributed by atoms with E-state index in [9.17, 15) is 13.2 Å². The van der Waals surface area contributed by atoms with E-state index in [1.165, 1.54) is 0 Å². The summed E-state index contributed by atoms with van der Waals surface area (Å²) in [6.07, 6.45) is 2.42. The normalized spacial score (nSPS) is 11.7. The van der Waals surface area contributed by atoms with Crippen LogP contribution in [0.25, 0.3) is 11.1 Å². The topological polar surface area (TPSA) is 98.9 Å². The molecule has 2 aromatic carbocycles. The van der Waals surface area contributed by atoms with Crippen LogP contribution in [0, 0.1) is 19.8 Å². The van der Waals surface area contributed by atoms with Crippen LogP contribution in [-0.2, 0) is 25.9 Å². The average molecular weight is 515 g/mol. The van der Waals surface area contributed by atoms with E-state index in [1.54, 1.807) is 51.3 Å². The molecule has 1 aromatic heterocycles. The third-order valence-corrected chi connectivity index (χ3v) is 7.76. The number of anilines is 1. The van der Waals surface area contributed by atoms with Gasteiger partial charge in [-0.2, -0.15) is 0 Å². The summed E-state index contributed by atoms with van der Waals surface area (Å²) in [5.41, 5.74) is 4.00. The molecule has 0 amide bonds. The molecule has 0 spiro atoms. The number of carbonyl (C=O) groups excluding carboxylic acids is 1. The first-order valence-corrected chi connectivity index (χ1v) is 13.3. The second-order valence-electron chi connectivity index (χ2n) is 9.04. The minimum atomic E-state index is -4.13. The van der Waals surface area contributed by atoms with Gasteiger partial charge < -0.3 is 14.0 Å². The molecule has 0 aliphatic rings. The van der Waals surface area contributed by atoms with Crippen molar-refractivity contribution in [1.82, 2.24) is 5.16 Å². The Morgan fingerprint density at radius 1 is 1.08 bits per heavy atom. The van der Waals surface area contributed by atoms with E-state index in [4.69, 9.17) is 14.0 Å². The highest BCUT2D eigenvalue weighted by Gasteiger charge is 2.32. The zero-order valence-corrected chi connectivity index (χ0v) is 22.3. The highest BCUT2D eigenvalue weighted by molar-refractivity contribution is 7.93. The summed E-state index contributed by atoms with van der Waals surface area (Å²) < 4.78 is 45.4. The predicted octanol–water partition coefficient (Wildman–Crippen LogP) is 5.18. The summed E-state index contributed by atoms with van der Waals surface area (Å²) in [7, 11) is -2.58. The molecule has 3 aromatic rings. The maximum atomic E-state index is 14.1. The third-order valence-electron chi connectivity index (χ3n) is 6.00. The molecule has 0 saturated heterocycles. The van der Waals surface area contributed by atoms with Crippen molar-refractivity contribution in [2.24, 2.45) is 5.92 Å². The molecule has 0 atom stereocenters. The van der Waals surface area contributed by atoms with E-state index in [2.05, 4.69) is 19.0 Å². The number of aryl methyl sites for hydroxylation is 2. The van der Waals surface area contributed by atoms with Crippen molar-refractivity contribution >= 4 is 22.2 Å². The fraction of sp³-hybridized carbons (Fsp3) is 0.407. The Bertz CT molecular complexity index is 1280. The number of sulfonamides is 1. The fourth-order valence-corrected chi connectivity index (χ4v) is 5.34. The van der Waals surface area contributed by atoms with Crippen LogP contribution in [0.1, 0.15) is 47.4 Å². The molecule has 0 aliphatic carbocycles. The number of benzene rings is 2. The smallest absolute Gasteiger partial charge is 0.269 e. The first-order chi connectivity index (χ1) is 17.2. The van der Waals surface area contributed by atoms with Crippen molar-refractivity contribution in [3.63, 3.8) is 0 Å². The largest absolute Gasteiger partial charge is 0.382 e. The van der Waals surface area contributed by atoms with Crippen molar-refractivity contribution in [2.75, 3.05) is 31.4 Å². The van der Waals surface area contributed by atoms with Gasteiger partial charge in [-0.15, -0.1) is 0 Å². The maximum absolute atomic E-state index is 14.1. The quantitative estimate of drug-likeness (QED) is 0.176. The summed E-state index contributed by atoms with van der Waals surface area (Å²) >= 11 is 0. The van der Waals surface area contributed by atoms with Gasteiger partial charge in [-0.1, -0.05) is 49.3 Å². The monoisotopic (exact) mass is 514 g/mol. The minimum absolute atomic E-state index is 0.107. The number of methoxy groups -OCH3 is 1. The molecule has 0 bridgehead atoms. The number of hydrogen-bond acceptors (Lipinski definition) is 7. The number of aldehydes is 1. The van der Waals surface area contributed by atoms with Crippen molar-refractivity contribution in [2.45, 2.75) is 45.4 Å². The molecule has 9 heteroatoms. The highest BCUT2D eigenvalue weighted by atomic mass is 32.2. The number of aromatic nitrogens is 1. The Morgan fingerprint density at radius 2 is 1.83 bits per heavy atom. The molecule has 3 rings (SSSR count). The lowest BCUT2D eigenvalue weighted by atomic mass is 9.93. The maximum Gasteiger partial charge on any atom is 0.269 e. The zero-order valence-electron chi connectivity index (χ0n) is 21.5. The van der Waals surface area contributed by atoms with Gasteiger partial charge in [0, 0.05) is 23.8 Å². The lowest BCUT2D eigenvalue weighted by Gasteiger charge is -2.24. The number of hydrogen-bond donors (Lipinski definition) is 0. The Balaban J connectivity index is 2.13. The number of nitrogens with zero attached hydrogens (tertiary/aromatic N) is 2. The van der Waals surface area contributed by atoms with Crippen molar-refractivity contribution in [1.29, 1.82) is 0 Å². The average Bonchev–Trinajstić information content (AvgIpc) is 3.20. The van der Waals surface area contributed by atoms with Crippen LogP contribution in [-0.4, -0.2) is 46.9 Å². The molecule has 0 N–H and O–H groups in total. The Morgan fingerprint density at radius 3 is 2.47 bits per heavy atom. The van der Waals surface area contributed by atoms with Crippen LogP contribution in [0.5, 0.6) is 0 Å². The molecule has 0 fully saturated rings. The molecule has 36 heavy (non-hydrogen) atoms. The van der Waals surface area contributed by atoms with Crippen molar-refractivity contribution in [3.05, 3.63) is 64.8 Å². The standard InChI is InChI=1S/C27H34N2O6S/c1-19(2)10-12-23-16-22(17-30)11-13-24(23)25-8-6-7-9-26(25)36(31,32)29(18-34-15-14-33-5)27-20(3)21(4)28-35-27/h6-9,11,13,16-17,19H,10,12,14-15,18H2,1-5H3. The number of carbonyl (C=O) groups is 1. The van der Waals surface area contributed by atoms with Gasteiger partial charge in [0.1, 0.15) is 13.0 Å². The fourth-order valence-electron chi connectivity index (χ4n) is 3.80. The van der Waals surface area contributed by atoms with Gasteiger partial charge in [-0.25, -0.2) is 12.7 Å². The van der Waals surface area contributed by atoms with E-state index in [0.717, 1.165) is 28.1 Å². The summed E-state index contributed by atoms with van der Waals surface area (Å²) in [4.78, 5) is 11.6. The summed E-state index contributed by atoms with van der Waals surface area (Å²) in [6, 6.07) is 12.2. The molecular weight excluding hydrogens is 480 g/mol. The van der Waals surface area contributed by atoms with Gasteiger partial charge in [0.05, 0.1) is 23.8 Å². The molecular formula is C27H34N2O6S. The van der Waals surface area contributed by atoms with Gasteiger partial charge in [0.2, 0.25) is 5.88 Å². The van der Waals surface area contributed by atoms with E-state index >= 15 is 0 Å². The molecule has 0 unspecified atom stereocenters. The highest BCUT2D eigenvalue weighted by Crippen LogP contribution is 2.36. The van der Waals surface area contributed by atoms with Crippen LogP contribution in [0.3, 0.4) is 0 Å². The predicted molar refractivity (Wildman–Crippen MR) is 139 cm³/mol. The van der Waals surface area contributed by atoms with Crippen LogP contribution in [0.4, 0.5) is 5.88 Å². The van der Waals surface area contributed by atoms with Crippen LogP contribution in [0.15, 0.2) is 51.9 Å². The van der Waals surface area contributed by atoms with Crippen molar-refractivity contribution < 1.29 is 27.2 Å². The van der Waals surface area contributed by atoms with Crippen LogP contribution in [0.2, 0.25) is 0 Å². The third kappa shape index (κ3) is 6.21. The summed E-state index contributed by atoms with van der Waals surface area (Å²) in [5.74, 6) is 0.560. The van der Waals surface area contributed by atoms with Gasteiger partial charge in [-0.05, 0) is 55.9 Å². The second kappa shape index (κ2) is 12.3. The Labute approximate surface area is 213 Å². The minimum Gasteiger partial charge on any atom is -0.382 e. The van der Waals surface area contributed by atoms with Crippen LogP contribution < -0.4 is 4.31 Å². The van der Waals surface area contributed by atoms with Gasteiger partial charge in [0.25, 0.3) is 10.0 Å². The molecule has 8 nitrogen and oxygen atoms in total. The molecule has 1 heterocycles. The zero-order chi connectivity index (χ0) is 26.3. The Hall–Kier alpha value is -3.01.